The molecule has 4 heterocycles. The van der Waals surface area contributed by atoms with Gasteiger partial charge in [-0.25, -0.2) is 15.0 Å². The third-order valence-corrected chi connectivity index (χ3v) is 7.40. The van der Waals surface area contributed by atoms with Crippen molar-refractivity contribution in [3.63, 3.8) is 0 Å². The van der Waals surface area contributed by atoms with E-state index in [1.165, 1.54) is 11.9 Å². The highest BCUT2D eigenvalue weighted by Crippen LogP contribution is 2.43. The van der Waals surface area contributed by atoms with E-state index in [9.17, 15) is 4.79 Å². The van der Waals surface area contributed by atoms with Gasteiger partial charge in [-0.05, 0) is 63.7 Å². The van der Waals surface area contributed by atoms with Crippen molar-refractivity contribution in [2.45, 2.75) is 52.0 Å². The summed E-state index contributed by atoms with van der Waals surface area (Å²) in [6.07, 6.45) is 13.8. The van der Waals surface area contributed by atoms with Crippen LogP contribution in [0.4, 0.5) is 5.82 Å². The van der Waals surface area contributed by atoms with Crippen LogP contribution in [-0.4, -0.2) is 42.9 Å². The molecule has 7 heteroatoms. The molecule has 7 nitrogen and oxygen atoms in total. The van der Waals surface area contributed by atoms with Gasteiger partial charge in [0.1, 0.15) is 23.5 Å². The molecule has 0 unspecified atom stereocenters. The molecule has 3 aromatic rings. The lowest BCUT2D eigenvalue weighted by atomic mass is 9.84. The highest BCUT2D eigenvalue weighted by molar-refractivity contribution is 6.04. The number of terminal acetylenes is 1. The Morgan fingerprint density at radius 3 is 2.74 bits per heavy atom. The number of nitrogens with two attached hydrogens (primary N) is 1. The van der Waals surface area contributed by atoms with E-state index in [4.69, 9.17) is 12.2 Å². The van der Waals surface area contributed by atoms with Crippen molar-refractivity contribution in [2.75, 3.05) is 12.3 Å². The van der Waals surface area contributed by atoms with Crippen LogP contribution < -0.4 is 5.73 Å². The Morgan fingerprint density at radius 1 is 1.26 bits per heavy atom. The number of allylic oxidation sites excluding steroid dienone is 2. The Balaban J connectivity index is 1.60. The first-order valence-corrected chi connectivity index (χ1v) is 11.9. The van der Waals surface area contributed by atoms with Crippen LogP contribution in [0, 0.1) is 25.2 Å². The minimum Gasteiger partial charge on any atom is -0.383 e. The minimum absolute atomic E-state index is 0.0367. The van der Waals surface area contributed by atoms with Gasteiger partial charge in [0.15, 0.2) is 0 Å². The number of carbonyl (C=O) groups is 1. The number of pyridine rings is 1. The normalized spacial score (nSPS) is 20.4. The summed E-state index contributed by atoms with van der Waals surface area (Å²) in [7, 11) is 1.99. The molecule has 174 valence electrons. The second kappa shape index (κ2) is 8.60. The summed E-state index contributed by atoms with van der Waals surface area (Å²) in [6, 6.07) is 4.23. The highest BCUT2D eigenvalue weighted by Gasteiger charge is 2.33. The van der Waals surface area contributed by atoms with Gasteiger partial charge in [-0.15, -0.1) is 6.42 Å². The SMILES string of the molecule is C#Cc1ccc(-c2c(C3=CC[C@@H](C(=O)N4CCC[C@@H]4C)CC3)c3c(N)ncnc3n2C)c(C)n1. The number of hydrogen-bond acceptors (Lipinski definition) is 5. The van der Waals surface area contributed by atoms with E-state index in [0.29, 0.717) is 23.5 Å². The van der Waals surface area contributed by atoms with E-state index in [1.54, 1.807) is 0 Å². The van der Waals surface area contributed by atoms with E-state index < -0.39 is 0 Å². The summed E-state index contributed by atoms with van der Waals surface area (Å²) < 4.78 is 2.06. The second-order valence-electron chi connectivity index (χ2n) is 9.44. The molecule has 1 fully saturated rings. The lowest BCUT2D eigenvalue weighted by Crippen LogP contribution is -2.38. The van der Waals surface area contributed by atoms with Gasteiger partial charge in [0.2, 0.25) is 5.91 Å². The number of nitrogen functional groups attached to an aromatic ring is 1. The molecule has 0 saturated carbocycles. The molecule has 0 bridgehead atoms. The number of anilines is 1. The van der Waals surface area contributed by atoms with Crippen LogP contribution in [0.15, 0.2) is 24.5 Å². The first-order chi connectivity index (χ1) is 16.4. The van der Waals surface area contributed by atoms with Crippen LogP contribution in [-0.2, 0) is 11.8 Å². The quantitative estimate of drug-likeness (QED) is 0.602. The van der Waals surface area contributed by atoms with Crippen LogP contribution >= 0.6 is 0 Å². The van der Waals surface area contributed by atoms with Crippen LogP contribution in [0.5, 0.6) is 0 Å². The van der Waals surface area contributed by atoms with Crippen molar-refractivity contribution in [3.8, 4) is 23.6 Å². The van der Waals surface area contributed by atoms with E-state index in [2.05, 4.69) is 43.3 Å². The van der Waals surface area contributed by atoms with E-state index in [-0.39, 0.29) is 5.92 Å². The number of amides is 1. The number of aryl methyl sites for hydroxylation is 2. The van der Waals surface area contributed by atoms with Gasteiger partial charge in [-0.3, -0.25) is 4.79 Å². The molecule has 0 radical (unpaired) electrons. The van der Waals surface area contributed by atoms with Crippen molar-refractivity contribution in [2.24, 2.45) is 13.0 Å². The Kier molecular flexibility index (Phi) is 5.60. The summed E-state index contributed by atoms with van der Waals surface area (Å²) in [4.78, 5) is 28.6. The number of aromatic nitrogens is 4. The third kappa shape index (κ3) is 3.54. The predicted molar refractivity (Wildman–Crippen MR) is 135 cm³/mol. The number of hydrogen-bond donors (Lipinski definition) is 1. The average Bonchev–Trinajstić information content (AvgIpc) is 3.40. The molecule has 0 aromatic carbocycles. The van der Waals surface area contributed by atoms with Crippen molar-refractivity contribution in [1.29, 1.82) is 0 Å². The molecule has 3 aromatic heterocycles. The van der Waals surface area contributed by atoms with Crippen LogP contribution in [0.1, 0.15) is 56.0 Å². The fourth-order valence-electron chi connectivity index (χ4n) is 5.58. The van der Waals surface area contributed by atoms with Crippen molar-refractivity contribution in [3.05, 3.63) is 41.5 Å². The second-order valence-corrected chi connectivity index (χ2v) is 9.44. The first-order valence-electron chi connectivity index (χ1n) is 11.9. The molecule has 34 heavy (non-hydrogen) atoms. The van der Waals surface area contributed by atoms with Gasteiger partial charge in [0.05, 0.1) is 11.1 Å². The Morgan fingerprint density at radius 2 is 2.09 bits per heavy atom. The zero-order valence-electron chi connectivity index (χ0n) is 20.0. The van der Waals surface area contributed by atoms with E-state index >= 15 is 0 Å². The molecular weight excluding hydrogens is 424 g/mol. The zero-order chi connectivity index (χ0) is 24.0. The van der Waals surface area contributed by atoms with Gasteiger partial charge in [-0.1, -0.05) is 12.0 Å². The van der Waals surface area contributed by atoms with E-state index in [0.717, 1.165) is 72.2 Å². The Hall–Kier alpha value is -3.66. The van der Waals surface area contributed by atoms with Gasteiger partial charge in [-0.2, -0.15) is 0 Å². The smallest absolute Gasteiger partial charge is 0.226 e. The van der Waals surface area contributed by atoms with Crippen LogP contribution in [0.2, 0.25) is 0 Å². The average molecular weight is 455 g/mol. The molecule has 2 atom stereocenters. The molecule has 0 spiro atoms. The maximum Gasteiger partial charge on any atom is 0.226 e. The lowest BCUT2D eigenvalue weighted by molar-refractivity contribution is -0.136. The van der Waals surface area contributed by atoms with Crippen molar-refractivity contribution in [1.82, 2.24) is 24.4 Å². The Bertz CT molecular complexity index is 1360. The maximum absolute atomic E-state index is 13.1. The summed E-state index contributed by atoms with van der Waals surface area (Å²) in [6.45, 7) is 5.00. The molecule has 2 N–H and O–H groups in total. The molecule has 1 aliphatic heterocycles. The highest BCUT2D eigenvalue weighted by atomic mass is 16.2. The molecule has 1 amide bonds. The largest absolute Gasteiger partial charge is 0.383 e. The molecule has 1 aliphatic carbocycles. The Labute approximate surface area is 200 Å². The predicted octanol–water partition coefficient (Wildman–Crippen LogP) is 4.10. The van der Waals surface area contributed by atoms with Crippen molar-refractivity contribution < 1.29 is 4.79 Å². The molecule has 2 aliphatic rings. The van der Waals surface area contributed by atoms with E-state index in [1.807, 2.05) is 26.1 Å². The molecule has 5 rings (SSSR count). The monoisotopic (exact) mass is 454 g/mol. The fourth-order valence-corrected chi connectivity index (χ4v) is 5.58. The summed E-state index contributed by atoms with van der Waals surface area (Å²) >= 11 is 0. The number of fused-ring (bicyclic) bond motifs is 1. The summed E-state index contributed by atoms with van der Waals surface area (Å²) in [5, 5.41) is 0.851. The number of carbonyl (C=O) groups excluding carboxylic acids is 1. The topological polar surface area (TPSA) is 89.9 Å². The number of nitrogens with zero attached hydrogens (tertiary/aromatic N) is 5. The van der Waals surface area contributed by atoms with Gasteiger partial charge < -0.3 is 15.2 Å². The minimum atomic E-state index is 0.0367. The zero-order valence-corrected chi connectivity index (χ0v) is 20.0. The summed E-state index contributed by atoms with van der Waals surface area (Å²) in [5.74, 6) is 3.40. The van der Waals surface area contributed by atoms with Crippen LogP contribution in [0.3, 0.4) is 0 Å². The number of rotatable bonds is 3. The van der Waals surface area contributed by atoms with Gasteiger partial charge in [0, 0.05) is 42.4 Å². The first kappa shape index (κ1) is 22.1. The van der Waals surface area contributed by atoms with Crippen molar-refractivity contribution >= 4 is 28.3 Å². The summed E-state index contributed by atoms with van der Waals surface area (Å²) in [5.41, 5.74) is 12.8. The molecule has 1 saturated heterocycles. The maximum atomic E-state index is 13.1. The number of likely N-dealkylation sites (tertiary alicyclic amines) is 1. The van der Waals surface area contributed by atoms with Gasteiger partial charge in [0.25, 0.3) is 0 Å². The third-order valence-electron chi connectivity index (χ3n) is 7.40. The molecular formula is C27H30N6O. The fraction of sp³-hybridized carbons (Fsp3) is 0.407. The lowest BCUT2D eigenvalue weighted by Gasteiger charge is -2.29. The van der Waals surface area contributed by atoms with Crippen LogP contribution in [0.25, 0.3) is 27.9 Å². The van der Waals surface area contributed by atoms with Gasteiger partial charge >= 0.3 is 0 Å². The standard InChI is InChI=1S/C27H30N6O/c1-5-20-12-13-21(17(3)31-20)24-22(23-25(28)29-15-30-26(23)32(24)4)18-8-10-19(11-9-18)27(34)33-14-6-7-16(33)2/h1,8,12-13,15-16,19H,6-7,9-11,14H2,2-4H3,(H2,28,29,30)/t16-,19+/m0/s1.